The van der Waals surface area contributed by atoms with E-state index in [2.05, 4.69) is 0 Å². The fraction of sp³-hybridized carbons (Fsp3) is 0.273. The van der Waals surface area contributed by atoms with Crippen LogP contribution in [0.15, 0.2) is 27.4 Å². The molecule has 1 heterocycles. The van der Waals surface area contributed by atoms with Crippen molar-refractivity contribution in [2.45, 2.75) is 18.3 Å². The van der Waals surface area contributed by atoms with Crippen LogP contribution in [0.2, 0.25) is 0 Å². The number of fused-ring (bicyclic) bond motifs is 1. The lowest BCUT2D eigenvalue weighted by Crippen LogP contribution is -2.19. The molecule has 0 unspecified atom stereocenters. The van der Waals surface area contributed by atoms with Crippen LogP contribution in [0, 0.1) is 0 Å². The maximum atomic E-state index is 11.2. The van der Waals surface area contributed by atoms with E-state index in [4.69, 9.17) is 4.42 Å². The number of rotatable bonds is 2. The number of carboxylic acids is 1. The van der Waals surface area contributed by atoms with E-state index >= 15 is 0 Å². The molecule has 0 spiro atoms. The van der Waals surface area contributed by atoms with Gasteiger partial charge in [0.1, 0.15) is 0 Å². The normalized spacial score (nSPS) is 17.5. The topological polar surface area (TPSA) is 67.5 Å². The Labute approximate surface area is 94.1 Å². The second-order valence-electron chi connectivity index (χ2n) is 3.97. The van der Waals surface area contributed by atoms with Gasteiger partial charge in [0, 0.05) is 5.56 Å². The lowest BCUT2D eigenvalue weighted by Gasteiger charge is -2.09. The molecule has 4 nitrogen and oxygen atoms in total. The van der Waals surface area contributed by atoms with Crippen LogP contribution in [0.4, 0.5) is 0 Å². The maximum absolute atomic E-state index is 11.2. The Bertz CT molecular complexity index is 633. The minimum atomic E-state index is -0.839. The van der Waals surface area contributed by atoms with Crippen molar-refractivity contribution in [2.24, 2.45) is 0 Å². The minimum Gasteiger partial charge on any atom is -0.481 e. The third-order valence-electron chi connectivity index (χ3n) is 3.03. The molecule has 5 heteroatoms. The summed E-state index contributed by atoms with van der Waals surface area (Å²) in [5.41, 5.74) is 0.254. The summed E-state index contributed by atoms with van der Waals surface area (Å²) in [4.78, 5) is 22.0. The highest BCUT2D eigenvalue weighted by Crippen LogP contribution is 2.50. The number of carbonyl (C=O) groups is 1. The van der Waals surface area contributed by atoms with Crippen molar-refractivity contribution < 1.29 is 14.3 Å². The van der Waals surface area contributed by atoms with Crippen LogP contribution in [-0.2, 0) is 10.2 Å². The van der Waals surface area contributed by atoms with Crippen LogP contribution < -0.4 is 4.94 Å². The van der Waals surface area contributed by atoms with E-state index in [1.54, 1.807) is 18.2 Å². The molecular weight excluding hydrogens is 228 g/mol. The van der Waals surface area contributed by atoms with Crippen molar-refractivity contribution >= 4 is 27.6 Å². The van der Waals surface area contributed by atoms with Gasteiger partial charge >= 0.3 is 10.9 Å². The molecule has 1 saturated carbocycles. The molecular formula is C11H8O4S. The highest BCUT2D eigenvalue weighted by Gasteiger charge is 2.53. The van der Waals surface area contributed by atoms with E-state index < -0.39 is 11.4 Å². The van der Waals surface area contributed by atoms with Gasteiger partial charge in [0.15, 0.2) is 5.58 Å². The van der Waals surface area contributed by atoms with Gasteiger partial charge < -0.3 is 9.52 Å². The van der Waals surface area contributed by atoms with E-state index in [0.717, 1.165) is 16.0 Å². The molecule has 0 aliphatic heterocycles. The summed E-state index contributed by atoms with van der Waals surface area (Å²) in [7, 11) is 0. The average molecular weight is 236 g/mol. The van der Waals surface area contributed by atoms with Crippen LogP contribution in [0.3, 0.4) is 0 Å². The fourth-order valence-electron chi connectivity index (χ4n) is 2.00. The first-order valence-electron chi connectivity index (χ1n) is 4.90. The van der Waals surface area contributed by atoms with Crippen molar-refractivity contribution in [2.75, 3.05) is 0 Å². The Hall–Kier alpha value is -1.62. The zero-order valence-corrected chi connectivity index (χ0v) is 9.04. The minimum absolute atomic E-state index is 0.386. The van der Waals surface area contributed by atoms with Crippen LogP contribution in [0.5, 0.6) is 0 Å². The fourth-order valence-corrected chi connectivity index (χ4v) is 2.69. The number of hydrogen-bond acceptors (Lipinski definition) is 4. The van der Waals surface area contributed by atoms with Crippen molar-refractivity contribution in [1.29, 1.82) is 0 Å². The van der Waals surface area contributed by atoms with Gasteiger partial charge in [0.2, 0.25) is 0 Å². The summed E-state index contributed by atoms with van der Waals surface area (Å²) >= 11 is 1.01. The Morgan fingerprint density at radius 1 is 1.44 bits per heavy atom. The van der Waals surface area contributed by atoms with Crippen LogP contribution in [-0.4, -0.2) is 11.1 Å². The number of para-hydroxylation sites is 1. The van der Waals surface area contributed by atoms with E-state index in [9.17, 15) is 14.7 Å². The lowest BCUT2D eigenvalue weighted by atomic mass is 9.96. The zero-order valence-electron chi connectivity index (χ0n) is 8.23. The van der Waals surface area contributed by atoms with Gasteiger partial charge in [-0.15, -0.1) is 0 Å². The Balaban J connectivity index is 2.32. The molecule has 1 fully saturated rings. The summed E-state index contributed by atoms with van der Waals surface area (Å²) < 4.78 is 5.79. The van der Waals surface area contributed by atoms with Gasteiger partial charge in [0.05, 0.1) is 10.1 Å². The summed E-state index contributed by atoms with van der Waals surface area (Å²) in [5, 5.41) is 9.21. The molecule has 1 aliphatic rings. The Kier molecular flexibility index (Phi) is 1.77. The molecule has 0 bridgehead atoms. The van der Waals surface area contributed by atoms with Crippen molar-refractivity contribution in [1.82, 2.24) is 0 Å². The van der Waals surface area contributed by atoms with E-state index in [1.165, 1.54) is 0 Å². The molecule has 1 aromatic carbocycles. The van der Waals surface area contributed by atoms with Gasteiger partial charge in [-0.1, -0.05) is 23.5 Å². The summed E-state index contributed by atoms with van der Waals surface area (Å²) in [6, 6.07) is 5.28. The average Bonchev–Trinajstić information content (AvgIpc) is 2.94. The van der Waals surface area contributed by atoms with Crippen molar-refractivity contribution in [3.05, 3.63) is 33.5 Å². The summed E-state index contributed by atoms with van der Waals surface area (Å²) in [6.07, 6.45) is 1.22. The molecule has 1 N–H and O–H groups in total. The third kappa shape index (κ3) is 1.15. The SMILES string of the molecule is O=C(O)C1(c2cccc3sc(=O)oc23)CC1. The van der Waals surface area contributed by atoms with Crippen molar-refractivity contribution in [3.8, 4) is 0 Å². The summed E-state index contributed by atoms with van der Waals surface area (Å²) in [6.45, 7) is 0. The molecule has 82 valence electrons. The molecule has 0 radical (unpaired) electrons. The van der Waals surface area contributed by atoms with Crippen LogP contribution >= 0.6 is 11.3 Å². The quantitative estimate of drug-likeness (QED) is 0.865. The standard InChI is InChI=1S/C11H8O4S/c12-9(13)11(4-5-11)6-2-1-3-7-8(6)15-10(14)16-7/h1-3H,4-5H2,(H,12,13). The van der Waals surface area contributed by atoms with Crippen LogP contribution in [0.25, 0.3) is 10.3 Å². The number of benzene rings is 1. The molecule has 0 amide bonds. The van der Waals surface area contributed by atoms with E-state index in [0.29, 0.717) is 24.0 Å². The molecule has 0 saturated heterocycles. The molecule has 0 atom stereocenters. The van der Waals surface area contributed by atoms with Crippen molar-refractivity contribution in [3.63, 3.8) is 0 Å². The first-order valence-corrected chi connectivity index (χ1v) is 5.72. The number of carboxylic acid groups (broad SMARTS) is 1. The lowest BCUT2D eigenvalue weighted by molar-refractivity contribution is -0.140. The number of hydrogen-bond donors (Lipinski definition) is 1. The molecule has 16 heavy (non-hydrogen) atoms. The van der Waals surface area contributed by atoms with Gasteiger partial charge in [-0.05, 0) is 18.9 Å². The molecule has 3 rings (SSSR count). The highest BCUT2D eigenvalue weighted by molar-refractivity contribution is 7.16. The second kappa shape index (κ2) is 2.95. The number of aliphatic carboxylic acids is 1. The second-order valence-corrected chi connectivity index (χ2v) is 4.95. The predicted molar refractivity (Wildman–Crippen MR) is 58.9 cm³/mol. The van der Waals surface area contributed by atoms with E-state index in [-0.39, 0.29) is 4.94 Å². The zero-order chi connectivity index (χ0) is 11.3. The highest BCUT2D eigenvalue weighted by atomic mass is 32.1. The van der Waals surface area contributed by atoms with E-state index in [1.807, 2.05) is 0 Å². The molecule has 1 aromatic heterocycles. The van der Waals surface area contributed by atoms with Gasteiger partial charge in [-0.3, -0.25) is 4.79 Å². The molecule has 1 aliphatic carbocycles. The third-order valence-corrected chi connectivity index (χ3v) is 3.82. The maximum Gasteiger partial charge on any atom is 0.396 e. The summed E-state index contributed by atoms with van der Waals surface area (Å²) in [5.74, 6) is -0.839. The Morgan fingerprint density at radius 2 is 2.19 bits per heavy atom. The first kappa shape index (κ1) is 9.59. The monoisotopic (exact) mass is 236 g/mol. The van der Waals surface area contributed by atoms with Crippen LogP contribution in [0.1, 0.15) is 18.4 Å². The van der Waals surface area contributed by atoms with Gasteiger partial charge in [0.25, 0.3) is 0 Å². The Morgan fingerprint density at radius 3 is 2.81 bits per heavy atom. The van der Waals surface area contributed by atoms with Gasteiger partial charge in [-0.25, -0.2) is 4.79 Å². The largest absolute Gasteiger partial charge is 0.481 e. The first-order chi connectivity index (χ1) is 7.63. The smallest absolute Gasteiger partial charge is 0.396 e. The molecule has 2 aromatic rings. The predicted octanol–water partition coefficient (Wildman–Crippen LogP) is 1.97. The van der Waals surface area contributed by atoms with Gasteiger partial charge in [-0.2, -0.15) is 0 Å².